The number of benzene rings is 1. The van der Waals surface area contributed by atoms with Crippen molar-refractivity contribution in [2.24, 2.45) is 5.73 Å². The second kappa shape index (κ2) is 12.7. The molecule has 2 aromatic heterocycles. The van der Waals surface area contributed by atoms with Crippen LogP contribution in [-0.4, -0.2) is 44.9 Å². The molecular weight excluding hydrogens is 538 g/mol. The van der Waals surface area contributed by atoms with Crippen LogP contribution in [0.1, 0.15) is 43.9 Å². The number of anilines is 1. The van der Waals surface area contributed by atoms with Crippen molar-refractivity contribution in [2.45, 2.75) is 39.1 Å². The molecule has 2 heterocycles. The number of nitrogens with one attached hydrogen (secondary N) is 1. The Morgan fingerprint density at radius 1 is 1.30 bits per heavy atom. The summed E-state index contributed by atoms with van der Waals surface area (Å²) in [6.45, 7) is 9.63. The molecule has 0 saturated carbocycles. The van der Waals surface area contributed by atoms with Crippen LogP contribution in [-0.2, 0) is 22.7 Å². The molecule has 196 valence electrons. The Labute approximate surface area is 227 Å². The highest BCUT2D eigenvalue weighted by molar-refractivity contribution is 7.99. The standard InChI is InChI=1S/C24H26ClN5O5S2/c1-5-9-30-17(11-35-16-8-7-15(25)10-13(16)3)28-29-24(30)36-12-18(31)27-22-19(23(33)34-6-2)14(4)20(37-22)21(26)32/h5,7-8,10H,1,6,9,11-12H2,2-4H3,(H2,26,32)(H,27,31). The summed E-state index contributed by atoms with van der Waals surface area (Å²) in [5, 5.41) is 12.4. The molecular formula is C24H26ClN5O5S2. The summed E-state index contributed by atoms with van der Waals surface area (Å²) in [5.41, 5.74) is 6.79. The number of amides is 2. The first-order valence-corrected chi connectivity index (χ1v) is 13.3. The van der Waals surface area contributed by atoms with Gasteiger partial charge in [-0.15, -0.1) is 28.1 Å². The quantitative estimate of drug-likeness (QED) is 0.188. The van der Waals surface area contributed by atoms with Gasteiger partial charge in [-0.1, -0.05) is 29.4 Å². The van der Waals surface area contributed by atoms with Gasteiger partial charge in [-0.05, 0) is 50.1 Å². The van der Waals surface area contributed by atoms with Crippen LogP contribution in [0.25, 0.3) is 0 Å². The first kappa shape index (κ1) is 28.2. The van der Waals surface area contributed by atoms with E-state index in [4.69, 9.17) is 26.8 Å². The number of hydrogen-bond acceptors (Lipinski definition) is 9. The van der Waals surface area contributed by atoms with Crippen molar-refractivity contribution >= 4 is 57.5 Å². The van der Waals surface area contributed by atoms with E-state index in [0.717, 1.165) is 28.7 Å². The fourth-order valence-corrected chi connectivity index (χ4v) is 5.40. The number of carbonyl (C=O) groups excluding carboxylic acids is 3. The van der Waals surface area contributed by atoms with Crippen molar-refractivity contribution in [3.05, 3.63) is 63.3 Å². The zero-order valence-corrected chi connectivity index (χ0v) is 22.9. The van der Waals surface area contributed by atoms with Crippen LogP contribution in [0.5, 0.6) is 5.75 Å². The topological polar surface area (TPSA) is 138 Å². The molecule has 0 unspecified atom stereocenters. The third kappa shape index (κ3) is 6.90. The molecule has 3 aromatic rings. The van der Waals surface area contributed by atoms with Crippen LogP contribution in [0.3, 0.4) is 0 Å². The molecule has 10 nitrogen and oxygen atoms in total. The highest BCUT2D eigenvalue weighted by Crippen LogP contribution is 2.34. The molecule has 0 aliphatic rings. The molecule has 0 saturated heterocycles. The number of thioether (sulfide) groups is 1. The van der Waals surface area contributed by atoms with Gasteiger partial charge in [0.1, 0.15) is 17.4 Å². The number of carbonyl (C=O) groups is 3. The van der Waals surface area contributed by atoms with Gasteiger partial charge in [-0.2, -0.15) is 0 Å². The molecule has 0 fully saturated rings. The first-order chi connectivity index (χ1) is 17.7. The number of primary amides is 1. The molecule has 2 amide bonds. The maximum absolute atomic E-state index is 12.8. The number of halogens is 1. The van der Waals surface area contributed by atoms with Crippen molar-refractivity contribution in [3.63, 3.8) is 0 Å². The molecule has 3 rings (SSSR count). The Hall–Kier alpha value is -3.35. The average molecular weight is 564 g/mol. The van der Waals surface area contributed by atoms with E-state index in [0.29, 0.717) is 33.9 Å². The summed E-state index contributed by atoms with van der Waals surface area (Å²) in [6.07, 6.45) is 1.69. The lowest BCUT2D eigenvalue weighted by Crippen LogP contribution is -2.17. The first-order valence-electron chi connectivity index (χ1n) is 11.1. The van der Waals surface area contributed by atoms with E-state index >= 15 is 0 Å². The van der Waals surface area contributed by atoms with E-state index in [-0.39, 0.29) is 34.4 Å². The normalized spacial score (nSPS) is 10.7. The maximum Gasteiger partial charge on any atom is 0.341 e. The van der Waals surface area contributed by atoms with Crippen LogP contribution in [0, 0.1) is 13.8 Å². The smallest absolute Gasteiger partial charge is 0.341 e. The Bertz CT molecular complexity index is 1340. The van der Waals surface area contributed by atoms with E-state index in [1.54, 1.807) is 42.7 Å². The maximum atomic E-state index is 12.8. The number of ether oxygens (including phenoxy) is 2. The minimum atomic E-state index is -0.691. The lowest BCUT2D eigenvalue weighted by molar-refractivity contribution is -0.113. The molecule has 0 atom stereocenters. The highest BCUT2D eigenvalue weighted by Gasteiger charge is 2.26. The van der Waals surface area contributed by atoms with Gasteiger partial charge >= 0.3 is 5.97 Å². The third-order valence-corrected chi connectivity index (χ3v) is 7.46. The lowest BCUT2D eigenvalue weighted by atomic mass is 10.1. The molecule has 37 heavy (non-hydrogen) atoms. The van der Waals surface area contributed by atoms with Crippen LogP contribution in [0.4, 0.5) is 5.00 Å². The van der Waals surface area contributed by atoms with Crippen molar-refractivity contribution in [3.8, 4) is 5.75 Å². The SMILES string of the molecule is C=CCn1c(COc2ccc(Cl)cc2C)nnc1SCC(=O)Nc1sc(C(N)=O)c(C)c1C(=O)OCC. The number of hydrogen-bond donors (Lipinski definition) is 2. The Morgan fingerprint density at radius 3 is 2.70 bits per heavy atom. The summed E-state index contributed by atoms with van der Waals surface area (Å²) in [7, 11) is 0. The molecule has 0 bridgehead atoms. The van der Waals surface area contributed by atoms with Crippen LogP contribution >= 0.6 is 34.7 Å². The van der Waals surface area contributed by atoms with Crippen molar-refractivity contribution in [1.29, 1.82) is 0 Å². The van der Waals surface area contributed by atoms with Gasteiger partial charge in [0.2, 0.25) is 5.91 Å². The summed E-state index contributed by atoms with van der Waals surface area (Å²) in [6, 6.07) is 5.33. The Balaban J connectivity index is 1.71. The summed E-state index contributed by atoms with van der Waals surface area (Å²) < 4.78 is 12.8. The number of aryl methyl sites for hydroxylation is 1. The predicted molar refractivity (Wildman–Crippen MR) is 144 cm³/mol. The van der Waals surface area contributed by atoms with Gasteiger partial charge in [-0.3, -0.25) is 14.2 Å². The Morgan fingerprint density at radius 2 is 2.05 bits per heavy atom. The lowest BCUT2D eigenvalue weighted by Gasteiger charge is -2.11. The second-order valence-electron chi connectivity index (χ2n) is 7.68. The van der Waals surface area contributed by atoms with Gasteiger partial charge in [0.15, 0.2) is 11.0 Å². The van der Waals surface area contributed by atoms with Crippen LogP contribution < -0.4 is 15.8 Å². The van der Waals surface area contributed by atoms with E-state index in [2.05, 4.69) is 22.1 Å². The summed E-state index contributed by atoms with van der Waals surface area (Å²) >= 11 is 8.09. The fraction of sp³-hybridized carbons (Fsp3) is 0.292. The second-order valence-corrected chi connectivity index (χ2v) is 10.1. The number of nitrogens with two attached hydrogens (primary N) is 1. The minimum absolute atomic E-state index is 0.0302. The molecule has 0 aliphatic heterocycles. The highest BCUT2D eigenvalue weighted by atomic mass is 35.5. The largest absolute Gasteiger partial charge is 0.485 e. The van der Waals surface area contributed by atoms with Gasteiger partial charge in [0.25, 0.3) is 5.91 Å². The van der Waals surface area contributed by atoms with Crippen molar-refractivity contribution < 1.29 is 23.9 Å². The van der Waals surface area contributed by atoms with Crippen LogP contribution in [0.2, 0.25) is 5.02 Å². The van der Waals surface area contributed by atoms with Gasteiger partial charge < -0.3 is 20.5 Å². The molecule has 0 radical (unpaired) electrons. The predicted octanol–water partition coefficient (Wildman–Crippen LogP) is 4.38. The number of aromatic nitrogens is 3. The molecule has 1 aromatic carbocycles. The summed E-state index contributed by atoms with van der Waals surface area (Å²) in [4.78, 5) is 37.1. The zero-order valence-electron chi connectivity index (χ0n) is 20.5. The van der Waals surface area contributed by atoms with E-state index in [9.17, 15) is 14.4 Å². The molecule has 0 spiro atoms. The van der Waals surface area contributed by atoms with E-state index in [1.165, 1.54) is 0 Å². The van der Waals surface area contributed by atoms with Gasteiger partial charge in [0, 0.05) is 11.6 Å². The van der Waals surface area contributed by atoms with E-state index in [1.807, 2.05) is 6.92 Å². The van der Waals surface area contributed by atoms with Crippen molar-refractivity contribution in [2.75, 3.05) is 17.7 Å². The fourth-order valence-electron chi connectivity index (χ4n) is 3.34. The molecule has 0 aliphatic carbocycles. The summed E-state index contributed by atoms with van der Waals surface area (Å²) in [5.74, 6) is -0.540. The van der Waals surface area contributed by atoms with Gasteiger partial charge in [0.05, 0.1) is 22.8 Å². The molecule has 13 heteroatoms. The number of allylic oxidation sites excluding steroid dienone is 1. The zero-order chi connectivity index (χ0) is 27.1. The van der Waals surface area contributed by atoms with Crippen LogP contribution in [0.15, 0.2) is 36.0 Å². The average Bonchev–Trinajstić information content (AvgIpc) is 3.37. The number of thiophene rings is 1. The Kier molecular flexibility index (Phi) is 9.73. The molecule has 3 N–H and O–H groups in total. The van der Waals surface area contributed by atoms with Crippen molar-refractivity contribution in [1.82, 2.24) is 14.8 Å². The number of nitrogens with zero attached hydrogens (tertiary/aromatic N) is 3. The minimum Gasteiger partial charge on any atom is -0.485 e. The van der Waals surface area contributed by atoms with E-state index < -0.39 is 17.8 Å². The number of esters is 1. The monoisotopic (exact) mass is 563 g/mol. The number of rotatable bonds is 12. The van der Waals surface area contributed by atoms with Gasteiger partial charge in [-0.25, -0.2) is 4.79 Å². The third-order valence-electron chi connectivity index (χ3n) is 5.03.